The molecule has 138 valence electrons. The van der Waals surface area contributed by atoms with Gasteiger partial charge >= 0.3 is 0 Å². The normalized spacial score (nSPS) is 10.9. The number of halogens is 1. The van der Waals surface area contributed by atoms with Crippen molar-refractivity contribution in [1.82, 2.24) is 0 Å². The summed E-state index contributed by atoms with van der Waals surface area (Å²) in [7, 11) is 0. The zero-order valence-corrected chi connectivity index (χ0v) is 15.1. The number of nitrogens with one attached hydrogen (secondary N) is 1. The van der Waals surface area contributed by atoms with E-state index in [0.29, 0.717) is 16.1 Å². The third-order valence-corrected chi connectivity index (χ3v) is 4.80. The second-order valence-electron chi connectivity index (χ2n) is 5.64. The van der Waals surface area contributed by atoms with Gasteiger partial charge in [0, 0.05) is 27.6 Å². The van der Waals surface area contributed by atoms with Gasteiger partial charge in [0.1, 0.15) is 17.5 Å². The molecule has 0 bridgehead atoms. The molecule has 28 heavy (non-hydrogen) atoms. The predicted molar refractivity (Wildman–Crippen MR) is 105 cm³/mol. The van der Waals surface area contributed by atoms with E-state index in [4.69, 9.17) is 0 Å². The Kier molecular flexibility index (Phi) is 5.58. The van der Waals surface area contributed by atoms with Gasteiger partial charge in [-0.15, -0.1) is 11.3 Å². The lowest BCUT2D eigenvalue weighted by Crippen LogP contribution is -2.13. The van der Waals surface area contributed by atoms with Crippen molar-refractivity contribution >= 4 is 34.7 Å². The van der Waals surface area contributed by atoms with Gasteiger partial charge in [0.15, 0.2) is 0 Å². The van der Waals surface area contributed by atoms with Crippen molar-refractivity contribution in [2.75, 3.05) is 5.32 Å². The summed E-state index contributed by atoms with van der Waals surface area (Å²) >= 11 is 1.30. The number of carbonyl (C=O) groups is 1. The number of hydrogen-bond donors (Lipinski definition) is 1. The van der Waals surface area contributed by atoms with E-state index in [2.05, 4.69) is 5.32 Å². The zero-order valence-electron chi connectivity index (χ0n) is 14.3. The van der Waals surface area contributed by atoms with Crippen LogP contribution in [0.15, 0.2) is 66.2 Å². The van der Waals surface area contributed by atoms with Crippen LogP contribution in [0.25, 0.3) is 16.5 Å². The van der Waals surface area contributed by atoms with Gasteiger partial charge < -0.3 is 5.32 Å². The van der Waals surface area contributed by atoms with E-state index in [1.54, 1.807) is 24.3 Å². The summed E-state index contributed by atoms with van der Waals surface area (Å²) in [6.45, 7) is 0. The van der Waals surface area contributed by atoms with Gasteiger partial charge in [-0.2, -0.15) is 5.26 Å². The third-order valence-electron chi connectivity index (χ3n) is 3.72. The molecule has 0 aliphatic heterocycles. The molecule has 1 aromatic heterocycles. The van der Waals surface area contributed by atoms with Crippen LogP contribution in [0.4, 0.5) is 15.8 Å². The van der Waals surface area contributed by atoms with Gasteiger partial charge in [-0.05, 0) is 48.0 Å². The van der Waals surface area contributed by atoms with E-state index in [1.807, 2.05) is 6.07 Å². The van der Waals surface area contributed by atoms with Crippen molar-refractivity contribution in [3.05, 3.63) is 87.0 Å². The lowest BCUT2D eigenvalue weighted by atomic mass is 10.1. The molecule has 6 nitrogen and oxygen atoms in total. The fourth-order valence-corrected chi connectivity index (χ4v) is 3.33. The summed E-state index contributed by atoms with van der Waals surface area (Å²) < 4.78 is 12.9. The Morgan fingerprint density at radius 3 is 2.61 bits per heavy atom. The van der Waals surface area contributed by atoms with Crippen LogP contribution in [0.1, 0.15) is 4.88 Å². The maximum absolute atomic E-state index is 12.9. The first-order valence-corrected chi connectivity index (χ1v) is 8.81. The molecule has 8 heteroatoms. The maximum atomic E-state index is 12.9. The average Bonchev–Trinajstić information content (AvgIpc) is 3.16. The number of nitriles is 1. The molecule has 0 atom stereocenters. The first-order chi connectivity index (χ1) is 13.5. The minimum absolute atomic E-state index is 0.0145. The van der Waals surface area contributed by atoms with Crippen molar-refractivity contribution in [2.45, 2.75) is 0 Å². The summed E-state index contributed by atoms with van der Waals surface area (Å²) in [5, 5.41) is 22.7. The minimum atomic E-state index is -0.612. The van der Waals surface area contributed by atoms with Crippen molar-refractivity contribution in [1.29, 1.82) is 5.26 Å². The highest BCUT2D eigenvalue weighted by Gasteiger charge is 2.12. The van der Waals surface area contributed by atoms with Crippen molar-refractivity contribution in [3.8, 4) is 16.5 Å². The number of rotatable bonds is 5. The van der Waals surface area contributed by atoms with Gasteiger partial charge in [-0.3, -0.25) is 14.9 Å². The average molecular weight is 393 g/mol. The number of amides is 1. The van der Waals surface area contributed by atoms with Gasteiger partial charge in [0.2, 0.25) is 0 Å². The number of non-ortho nitro benzene ring substituents is 1. The Hall–Kier alpha value is -3.83. The molecular formula is C20H12FN3O3S. The highest BCUT2D eigenvalue weighted by atomic mass is 32.1. The molecule has 0 fully saturated rings. The number of nitro groups is 1. The Bertz CT molecular complexity index is 1110. The van der Waals surface area contributed by atoms with Crippen molar-refractivity contribution in [3.63, 3.8) is 0 Å². The molecular weight excluding hydrogens is 381 g/mol. The number of benzene rings is 2. The van der Waals surface area contributed by atoms with Gasteiger partial charge in [-0.25, -0.2) is 4.39 Å². The fourth-order valence-electron chi connectivity index (χ4n) is 2.38. The van der Waals surface area contributed by atoms with Crippen LogP contribution in [0.3, 0.4) is 0 Å². The van der Waals surface area contributed by atoms with Crippen LogP contribution in [0, 0.1) is 27.3 Å². The highest BCUT2D eigenvalue weighted by molar-refractivity contribution is 7.16. The second-order valence-corrected chi connectivity index (χ2v) is 6.76. The molecule has 0 unspecified atom stereocenters. The highest BCUT2D eigenvalue weighted by Crippen LogP contribution is 2.31. The number of carbonyl (C=O) groups excluding carboxylic acids is 1. The molecule has 1 amide bonds. The molecule has 3 aromatic rings. The monoisotopic (exact) mass is 393 g/mol. The van der Waals surface area contributed by atoms with Crippen LogP contribution in [-0.4, -0.2) is 10.8 Å². The Morgan fingerprint density at radius 1 is 1.18 bits per heavy atom. The summed E-state index contributed by atoms with van der Waals surface area (Å²) in [4.78, 5) is 24.1. The lowest BCUT2D eigenvalue weighted by molar-refractivity contribution is -0.384. The SMILES string of the molecule is N#C/C(=C\c1ccc(-c2cccc([N+](=O)[O-])c2)s1)C(=O)Nc1ccc(F)cc1. The smallest absolute Gasteiger partial charge is 0.270 e. The van der Waals surface area contributed by atoms with Gasteiger partial charge in [-0.1, -0.05) is 12.1 Å². The number of anilines is 1. The Morgan fingerprint density at radius 2 is 1.93 bits per heavy atom. The summed E-state index contributed by atoms with van der Waals surface area (Å²) in [6.07, 6.45) is 1.43. The van der Waals surface area contributed by atoms with Crippen LogP contribution >= 0.6 is 11.3 Å². The van der Waals surface area contributed by atoms with Gasteiger partial charge in [0.05, 0.1) is 4.92 Å². The molecule has 2 aromatic carbocycles. The number of thiophene rings is 1. The first kappa shape index (κ1) is 18.9. The molecule has 0 saturated carbocycles. The van der Waals surface area contributed by atoms with Crippen LogP contribution in [0.5, 0.6) is 0 Å². The molecule has 1 heterocycles. The quantitative estimate of drug-likeness (QED) is 0.285. The van der Waals surface area contributed by atoms with E-state index < -0.39 is 16.6 Å². The Balaban J connectivity index is 1.81. The molecule has 0 saturated heterocycles. The van der Waals surface area contributed by atoms with Crippen molar-refractivity contribution < 1.29 is 14.1 Å². The van der Waals surface area contributed by atoms with Crippen LogP contribution in [0.2, 0.25) is 0 Å². The van der Waals surface area contributed by atoms with E-state index in [-0.39, 0.29) is 11.3 Å². The molecule has 0 radical (unpaired) electrons. The number of hydrogen-bond acceptors (Lipinski definition) is 5. The van der Waals surface area contributed by atoms with E-state index >= 15 is 0 Å². The molecule has 1 N–H and O–H groups in total. The molecule has 0 aliphatic carbocycles. The largest absolute Gasteiger partial charge is 0.321 e. The third kappa shape index (κ3) is 4.47. The Labute approximate surface area is 163 Å². The minimum Gasteiger partial charge on any atom is -0.321 e. The van der Waals surface area contributed by atoms with E-state index in [0.717, 1.165) is 4.88 Å². The van der Waals surface area contributed by atoms with Crippen LogP contribution in [-0.2, 0) is 4.79 Å². The van der Waals surface area contributed by atoms with E-state index in [9.17, 15) is 24.6 Å². The molecule has 3 rings (SSSR count). The van der Waals surface area contributed by atoms with Crippen LogP contribution < -0.4 is 5.32 Å². The number of nitro benzene ring substituents is 1. The maximum Gasteiger partial charge on any atom is 0.270 e. The second kappa shape index (κ2) is 8.24. The standard InChI is InChI=1S/C20H12FN3O3S/c21-15-4-6-16(7-5-15)23-20(25)14(12-22)11-18-8-9-19(28-18)13-2-1-3-17(10-13)24(26)27/h1-11H,(H,23,25)/b14-11+. The number of nitrogens with zero attached hydrogens (tertiary/aromatic N) is 2. The molecule has 0 spiro atoms. The summed E-state index contributed by atoms with van der Waals surface area (Å²) in [5.41, 5.74) is 0.917. The molecule has 0 aliphatic rings. The predicted octanol–water partition coefficient (Wildman–Crippen LogP) is 5.01. The topological polar surface area (TPSA) is 96.0 Å². The zero-order chi connectivity index (χ0) is 20.1. The lowest BCUT2D eigenvalue weighted by Gasteiger charge is -2.03. The summed E-state index contributed by atoms with van der Waals surface area (Å²) in [6, 6.07) is 16.8. The van der Waals surface area contributed by atoms with Crippen molar-refractivity contribution in [2.24, 2.45) is 0 Å². The first-order valence-electron chi connectivity index (χ1n) is 7.99. The summed E-state index contributed by atoms with van der Waals surface area (Å²) in [5.74, 6) is -1.04. The van der Waals surface area contributed by atoms with Gasteiger partial charge in [0.25, 0.3) is 11.6 Å². The fraction of sp³-hybridized carbons (Fsp3) is 0. The van der Waals surface area contributed by atoms with E-state index in [1.165, 1.54) is 53.8 Å².